The third-order valence-electron chi connectivity index (χ3n) is 6.83. The largest absolute Gasteiger partial charge is 0.462 e. The quantitative estimate of drug-likeness (QED) is 0.591. The van der Waals surface area contributed by atoms with Gasteiger partial charge in [0.05, 0.1) is 17.7 Å². The lowest BCUT2D eigenvalue weighted by atomic mass is 9.78. The molecule has 3 aromatic carbocycles. The molecule has 3 heterocycles. The Morgan fingerprint density at radius 3 is 2.21 bits per heavy atom. The molecule has 0 fully saturated rings. The van der Waals surface area contributed by atoms with E-state index in [0.29, 0.717) is 5.56 Å². The van der Waals surface area contributed by atoms with Crippen LogP contribution in [0, 0.1) is 0 Å². The molecule has 0 saturated carbocycles. The molecule has 3 aliphatic rings. The Morgan fingerprint density at radius 2 is 1.61 bits per heavy atom. The predicted molar refractivity (Wildman–Crippen MR) is 125 cm³/mol. The maximum Gasteiger partial charge on any atom is 0.341 e. The number of esters is 2. The van der Waals surface area contributed by atoms with E-state index in [4.69, 9.17) is 9.47 Å². The summed E-state index contributed by atoms with van der Waals surface area (Å²) in [6.07, 6.45) is 1.83. The number of hydrogen-bond donors (Lipinski definition) is 2. The Kier molecular flexibility index (Phi) is 4.43. The van der Waals surface area contributed by atoms with Crippen LogP contribution in [0.2, 0.25) is 0 Å². The van der Waals surface area contributed by atoms with Crippen LogP contribution in [-0.2, 0) is 27.9 Å². The van der Waals surface area contributed by atoms with Gasteiger partial charge in [-0.1, -0.05) is 24.3 Å². The van der Waals surface area contributed by atoms with E-state index in [1.165, 1.54) is 11.1 Å². The molecule has 0 radical (unpaired) electrons. The van der Waals surface area contributed by atoms with E-state index >= 15 is 0 Å². The first-order valence-electron chi connectivity index (χ1n) is 11.4. The highest BCUT2D eigenvalue weighted by Gasteiger charge is 2.50. The van der Waals surface area contributed by atoms with Crippen LogP contribution < -0.4 is 10.6 Å². The highest BCUT2D eigenvalue weighted by Crippen LogP contribution is 2.49. The van der Waals surface area contributed by atoms with Crippen molar-refractivity contribution in [3.8, 4) is 0 Å². The molecule has 0 amide bonds. The fourth-order valence-electron chi connectivity index (χ4n) is 5.33. The van der Waals surface area contributed by atoms with Crippen LogP contribution >= 0.6 is 0 Å². The van der Waals surface area contributed by atoms with Crippen LogP contribution in [0.3, 0.4) is 0 Å². The van der Waals surface area contributed by atoms with Crippen LogP contribution in [-0.4, -0.2) is 31.6 Å². The van der Waals surface area contributed by atoms with Crippen LogP contribution in [0.1, 0.15) is 55.5 Å². The molecule has 6 rings (SSSR count). The van der Waals surface area contributed by atoms with Gasteiger partial charge in [0.15, 0.2) is 5.60 Å². The van der Waals surface area contributed by atoms with Crippen LogP contribution in [0.25, 0.3) is 0 Å². The molecule has 0 spiro atoms. The maximum atomic E-state index is 13.4. The molecule has 0 unspecified atom stereocenters. The number of carbonyl (C=O) groups excluding carboxylic acids is 2. The molecule has 0 saturated heterocycles. The van der Waals surface area contributed by atoms with Crippen LogP contribution in [0.4, 0.5) is 11.4 Å². The number of hydrogen-bond acceptors (Lipinski definition) is 6. The smallest absolute Gasteiger partial charge is 0.341 e. The van der Waals surface area contributed by atoms with Gasteiger partial charge in [-0.25, -0.2) is 9.59 Å². The Hall–Kier alpha value is -3.80. The number of anilines is 2. The molecule has 6 heteroatoms. The van der Waals surface area contributed by atoms with Crippen molar-refractivity contribution in [1.82, 2.24) is 0 Å². The van der Waals surface area contributed by atoms with E-state index < -0.39 is 17.5 Å². The van der Waals surface area contributed by atoms with Gasteiger partial charge in [-0.2, -0.15) is 0 Å². The topological polar surface area (TPSA) is 76.7 Å². The highest BCUT2D eigenvalue weighted by atomic mass is 16.6. The van der Waals surface area contributed by atoms with Gasteiger partial charge in [0.2, 0.25) is 0 Å². The first kappa shape index (κ1) is 19.9. The minimum Gasteiger partial charge on any atom is -0.462 e. The van der Waals surface area contributed by atoms with Gasteiger partial charge in [-0.15, -0.1) is 0 Å². The minimum absolute atomic E-state index is 0.234. The molecule has 0 aromatic heterocycles. The minimum atomic E-state index is -1.13. The molecule has 33 heavy (non-hydrogen) atoms. The molecule has 6 nitrogen and oxygen atoms in total. The fraction of sp³-hybridized carbons (Fsp3) is 0.259. The summed E-state index contributed by atoms with van der Waals surface area (Å²) in [5, 5.41) is 6.79. The second kappa shape index (κ2) is 7.37. The number of nitrogens with one attached hydrogen (secondary N) is 2. The summed E-state index contributed by atoms with van der Waals surface area (Å²) in [5.74, 6) is -1.02. The standard InChI is InChI=1S/C27H24N2O4/c1-2-32-25(30)20-4-3-5-21-24(20)26(31)33-27(21,18-6-8-22-16(14-18)10-12-28-22)19-7-9-23-17(15-19)11-13-29-23/h3-9,14-15,28-29H,2,10-13H2,1H3. The first-order valence-corrected chi connectivity index (χ1v) is 11.4. The normalized spacial score (nSPS) is 16.8. The molecule has 2 N–H and O–H groups in total. The maximum absolute atomic E-state index is 13.4. The Bertz CT molecular complexity index is 1260. The molecular formula is C27H24N2O4. The van der Waals surface area contributed by atoms with Gasteiger partial charge < -0.3 is 20.1 Å². The predicted octanol–water partition coefficient (Wildman–Crippen LogP) is 4.26. The number of carbonyl (C=O) groups is 2. The summed E-state index contributed by atoms with van der Waals surface area (Å²) in [7, 11) is 0. The zero-order valence-electron chi connectivity index (χ0n) is 18.4. The van der Waals surface area contributed by atoms with Crippen molar-refractivity contribution >= 4 is 23.3 Å². The Morgan fingerprint density at radius 1 is 0.970 bits per heavy atom. The second-order valence-corrected chi connectivity index (χ2v) is 8.62. The van der Waals surface area contributed by atoms with Crippen molar-refractivity contribution in [2.45, 2.75) is 25.4 Å². The zero-order valence-corrected chi connectivity index (χ0v) is 18.4. The lowest BCUT2D eigenvalue weighted by Gasteiger charge is -2.31. The summed E-state index contributed by atoms with van der Waals surface area (Å²) in [6.45, 7) is 3.76. The van der Waals surface area contributed by atoms with Crippen molar-refractivity contribution in [3.63, 3.8) is 0 Å². The highest BCUT2D eigenvalue weighted by molar-refractivity contribution is 6.07. The van der Waals surface area contributed by atoms with E-state index in [1.807, 2.05) is 18.2 Å². The Labute approximate surface area is 191 Å². The van der Waals surface area contributed by atoms with Gasteiger partial charge in [0, 0.05) is 41.2 Å². The summed E-state index contributed by atoms with van der Waals surface area (Å²) in [5.41, 5.74) is 6.43. The van der Waals surface area contributed by atoms with E-state index in [9.17, 15) is 9.59 Å². The Balaban J connectivity index is 1.62. The number of rotatable bonds is 4. The lowest BCUT2D eigenvalue weighted by molar-refractivity contribution is 0.0247. The van der Waals surface area contributed by atoms with Crippen molar-refractivity contribution < 1.29 is 19.1 Å². The lowest BCUT2D eigenvalue weighted by Crippen LogP contribution is -2.29. The molecular weight excluding hydrogens is 416 g/mol. The number of ether oxygens (including phenoxy) is 2. The van der Waals surface area contributed by atoms with Crippen LogP contribution in [0.15, 0.2) is 54.6 Å². The molecule has 3 aliphatic heterocycles. The number of cyclic esters (lactones) is 1. The monoisotopic (exact) mass is 440 g/mol. The summed E-state index contributed by atoms with van der Waals surface area (Å²) < 4.78 is 11.5. The molecule has 3 aromatic rings. The fourth-order valence-corrected chi connectivity index (χ4v) is 5.33. The second-order valence-electron chi connectivity index (χ2n) is 8.62. The van der Waals surface area contributed by atoms with Crippen molar-refractivity contribution in [3.05, 3.63) is 93.5 Å². The van der Waals surface area contributed by atoms with E-state index in [0.717, 1.165) is 48.4 Å². The van der Waals surface area contributed by atoms with E-state index in [1.54, 1.807) is 19.1 Å². The molecule has 0 atom stereocenters. The van der Waals surface area contributed by atoms with Crippen molar-refractivity contribution in [2.75, 3.05) is 30.3 Å². The van der Waals surface area contributed by atoms with Gasteiger partial charge in [-0.05, 0) is 61.2 Å². The van der Waals surface area contributed by atoms with Crippen molar-refractivity contribution in [1.29, 1.82) is 0 Å². The summed E-state index contributed by atoms with van der Waals surface area (Å²) in [4.78, 5) is 26.1. The van der Waals surface area contributed by atoms with Gasteiger partial charge >= 0.3 is 11.9 Å². The van der Waals surface area contributed by atoms with E-state index in [-0.39, 0.29) is 17.7 Å². The number of benzene rings is 3. The zero-order chi connectivity index (χ0) is 22.6. The van der Waals surface area contributed by atoms with Crippen molar-refractivity contribution in [2.24, 2.45) is 0 Å². The molecule has 0 aliphatic carbocycles. The number of fused-ring (bicyclic) bond motifs is 3. The van der Waals surface area contributed by atoms with E-state index in [2.05, 4.69) is 34.9 Å². The van der Waals surface area contributed by atoms with Gasteiger partial charge in [0.1, 0.15) is 0 Å². The summed E-state index contributed by atoms with van der Waals surface area (Å²) in [6, 6.07) is 17.7. The van der Waals surface area contributed by atoms with Gasteiger partial charge in [-0.3, -0.25) is 0 Å². The summed E-state index contributed by atoms with van der Waals surface area (Å²) >= 11 is 0. The third kappa shape index (κ3) is 2.86. The van der Waals surface area contributed by atoms with Crippen LogP contribution in [0.5, 0.6) is 0 Å². The average Bonchev–Trinajstić information content (AvgIpc) is 3.56. The molecule has 166 valence electrons. The van der Waals surface area contributed by atoms with Gasteiger partial charge in [0.25, 0.3) is 0 Å². The first-order chi connectivity index (χ1) is 16.1. The average molecular weight is 440 g/mol. The third-order valence-corrected chi connectivity index (χ3v) is 6.83. The molecule has 0 bridgehead atoms. The SMILES string of the molecule is CCOC(=O)c1cccc2c1C(=O)OC2(c1ccc2c(c1)CCN2)c1ccc2c(c1)CCN2.